The number of rotatable bonds is 7. The third kappa shape index (κ3) is 7.29. The van der Waals surface area contributed by atoms with Crippen LogP contribution in [0.4, 0.5) is 0 Å². The van der Waals surface area contributed by atoms with Crippen molar-refractivity contribution < 1.29 is 0 Å². The van der Waals surface area contributed by atoms with E-state index in [0.717, 1.165) is 31.9 Å². The Morgan fingerprint density at radius 3 is 2.52 bits per heavy atom. The number of halogens is 1. The van der Waals surface area contributed by atoms with Crippen LogP contribution in [0.15, 0.2) is 64.5 Å². The molecule has 0 bridgehead atoms. The molecule has 1 atom stereocenters. The largest absolute Gasteiger partial charge is 0.356 e. The Labute approximate surface area is 166 Å². The maximum absolute atomic E-state index is 11.6. The Kier molecular flexibility index (Phi) is 9.91. The van der Waals surface area contributed by atoms with Crippen LogP contribution in [0.25, 0.3) is 0 Å². The molecule has 2 N–H and O–H groups in total. The zero-order valence-electron chi connectivity index (χ0n) is 14.8. The Hall–Kier alpha value is -1.83. The van der Waals surface area contributed by atoms with Crippen LogP contribution in [0.3, 0.4) is 0 Å². The summed E-state index contributed by atoms with van der Waals surface area (Å²) in [5.74, 6) is 0.795. The van der Waals surface area contributed by atoms with E-state index < -0.39 is 0 Å². The molecule has 0 saturated heterocycles. The Bertz CT molecular complexity index is 700. The molecule has 0 aliphatic carbocycles. The van der Waals surface area contributed by atoms with Crippen LogP contribution in [-0.2, 0) is 6.54 Å². The lowest BCUT2D eigenvalue weighted by Gasteiger charge is -2.18. The summed E-state index contributed by atoms with van der Waals surface area (Å²) in [6.07, 6.45) is 3.75. The predicted octanol–water partition coefficient (Wildman–Crippen LogP) is 3.17. The van der Waals surface area contributed by atoms with Crippen molar-refractivity contribution in [2.45, 2.75) is 32.4 Å². The monoisotopic (exact) mass is 454 g/mol. The summed E-state index contributed by atoms with van der Waals surface area (Å²) >= 11 is 0. The molecule has 25 heavy (non-hydrogen) atoms. The Morgan fingerprint density at radius 2 is 1.84 bits per heavy atom. The van der Waals surface area contributed by atoms with Crippen molar-refractivity contribution in [1.82, 2.24) is 15.2 Å². The summed E-state index contributed by atoms with van der Waals surface area (Å²) in [7, 11) is 1.77. The van der Waals surface area contributed by atoms with E-state index in [1.165, 1.54) is 5.56 Å². The highest BCUT2D eigenvalue weighted by molar-refractivity contribution is 14.0. The van der Waals surface area contributed by atoms with Crippen molar-refractivity contribution in [1.29, 1.82) is 0 Å². The van der Waals surface area contributed by atoms with E-state index in [0.29, 0.717) is 0 Å². The van der Waals surface area contributed by atoms with Gasteiger partial charge >= 0.3 is 0 Å². The van der Waals surface area contributed by atoms with Gasteiger partial charge in [0, 0.05) is 32.4 Å². The minimum Gasteiger partial charge on any atom is -0.356 e. The fraction of sp³-hybridized carbons (Fsp3) is 0.368. The molecule has 0 spiro atoms. The van der Waals surface area contributed by atoms with Gasteiger partial charge in [-0.15, -0.1) is 24.0 Å². The highest BCUT2D eigenvalue weighted by Crippen LogP contribution is 2.10. The molecule has 0 aliphatic heterocycles. The van der Waals surface area contributed by atoms with Crippen LogP contribution >= 0.6 is 24.0 Å². The van der Waals surface area contributed by atoms with E-state index in [4.69, 9.17) is 0 Å². The van der Waals surface area contributed by atoms with Crippen LogP contribution in [0.2, 0.25) is 0 Å². The molecule has 1 unspecified atom stereocenters. The van der Waals surface area contributed by atoms with Gasteiger partial charge in [-0.2, -0.15) is 0 Å². The first-order valence-electron chi connectivity index (χ1n) is 8.38. The van der Waals surface area contributed by atoms with Crippen LogP contribution < -0.4 is 16.2 Å². The lowest BCUT2D eigenvalue weighted by Crippen LogP contribution is -2.39. The van der Waals surface area contributed by atoms with Gasteiger partial charge in [0.2, 0.25) is 5.56 Å². The van der Waals surface area contributed by atoms with Crippen molar-refractivity contribution >= 4 is 29.9 Å². The molecule has 6 heteroatoms. The molecular formula is C19H27IN4O. The normalized spacial score (nSPS) is 12.2. The van der Waals surface area contributed by atoms with Gasteiger partial charge in [-0.1, -0.05) is 36.4 Å². The van der Waals surface area contributed by atoms with Gasteiger partial charge in [-0.05, 0) is 31.4 Å². The summed E-state index contributed by atoms with van der Waals surface area (Å²) in [4.78, 5) is 15.9. The standard InChI is InChI=1S/C19H26N4O.HI/c1-16(17-10-4-3-5-11-17)22-19(20-2)21-13-7-9-15-23-14-8-6-12-18(23)24;/h3-6,8,10-12,14,16H,7,9,13,15H2,1-2H3,(H2,20,21,22);1H. The average molecular weight is 454 g/mol. The number of hydrogen-bond acceptors (Lipinski definition) is 2. The Balaban J connectivity index is 0.00000312. The summed E-state index contributed by atoms with van der Waals surface area (Å²) < 4.78 is 1.74. The van der Waals surface area contributed by atoms with Crippen molar-refractivity contribution in [2.24, 2.45) is 4.99 Å². The Morgan fingerprint density at radius 1 is 1.12 bits per heavy atom. The lowest BCUT2D eigenvalue weighted by molar-refractivity contribution is 0.582. The van der Waals surface area contributed by atoms with Gasteiger partial charge in [-0.3, -0.25) is 9.79 Å². The fourth-order valence-corrected chi connectivity index (χ4v) is 2.48. The zero-order chi connectivity index (χ0) is 17.2. The minimum absolute atomic E-state index is 0. The van der Waals surface area contributed by atoms with Crippen LogP contribution in [0.5, 0.6) is 0 Å². The number of nitrogens with one attached hydrogen (secondary N) is 2. The molecule has 2 rings (SSSR count). The van der Waals surface area contributed by atoms with E-state index in [9.17, 15) is 4.79 Å². The quantitative estimate of drug-likeness (QED) is 0.293. The number of aliphatic imine (C=N–C) groups is 1. The minimum atomic E-state index is 0. The number of hydrogen-bond donors (Lipinski definition) is 2. The topological polar surface area (TPSA) is 58.4 Å². The van der Waals surface area contributed by atoms with E-state index >= 15 is 0 Å². The molecule has 0 aliphatic rings. The molecule has 0 fully saturated rings. The SMILES string of the molecule is CN=C(NCCCCn1ccccc1=O)NC(C)c1ccccc1.I. The number of guanidine groups is 1. The summed E-state index contributed by atoms with van der Waals surface area (Å²) in [5, 5.41) is 6.71. The first kappa shape index (κ1) is 21.2. The van der Waals surface area contributed by atoms with E-state index in [1.807, 2.05) is 30.5 Å². The van der Waals surface area contributed by atoms with Crippen LogP contribution in [0, 0.1) is 0 Å². The molecule has 2 aromatic rings. The average Bonchev–Trinajstić information content (AvgIpc) is 2.62. The van der Waals surface area contributed by atoms with Gasteiger partial charge in [-0.25, -0.2) is 0 Å². The summed E-state index contributed by atoms with van der Waals surface area (Å²) in [6, 6.07) is 15.7. The molecule has 136 valence electrons. The maximum Gasteiger partial charge on any atom is 0.250 e. The van der Waals surface area contributed by atoms with Gasteiger partial charge in [0.05, 0.1) is 6.04 Å². The predicted molar refractivity (Wildman–Crippen MR) is 115 cm³/mol. The number of benzene rings is 1. The molecule has 0 saturated carbocycles. The molecule has 1 aromatic carbocycles. The van der Waals surface area contributed by atoms with Gasteiger partial charge in [0.1, 0.15) is 0 Å². The number of pyridine rings is 1. The molecule has 0 radical (unpaired) electrons. The van der Waals surface area contributed by atoms with Crippen molar-refractivity contribution in [3.63, 3.8) is 0 Å². The molecule has 5 nitrogen and oxygen atoms in total. The second-order valence-corrected chi connectivity index (χ2v) is 5.72. The lowest BCUT2D eigenvalue weighted by atomic mass is 10.1. The van der Waals surface area contributed by atoms with Gasteiger partial charge in [0.15, 0.2) is 5.96 Å². The smallest absolute Gasteiger partial charge is 0.250 e. The fourth-order valence-electron chi connectivity index (χ4n) is 2.48. The van der Waals surface area contributed by atoms with Crippen molar-refractivity contribution in [2.75, 3.05) is 13.6 Å². The van der Waals surface area contributed by atoms with Crippen LogP contribution in [-0.4, -0.2) is 24.1 Å². The summed E-state index contributed by atoms with van der Waals surface area (Å²) in [5.41, 5.74) is 1.28. The van der Waals surface area contributed by atoms with E-state index in [2.05, 4.69) is 34.7 Å². The highest BCUT2D eigenvalue weighted by Gasteiger charge is 2.06. The number of unbranched alkanes of at least 4 members (excludes halogenated alkanes) is 1. The highest BCUT2D eigenvalue weighted by atomic mass is 127. The second kappa shape index (κ2) is 11.7. The maximum atomic E-state index is 11.6. The van der Waals surface area contributed by atoms with Crippen molar-refractivity contribution in [3.05, 3.63) is 70.6 Å². The molecular weight excluding hydrogens is 427 g/mol. The van der Waals surface area contributed by atoms with E-state index in [1.54, 1.807) is 23.7 Å². The number of nitrogens with zero attached hydrogens (tertiary/aromatic N) is 2. The zero-order valence-corrected chi connectivity index (χ0v) is 17.1. The van der Waals surface area contributed by atoms with Gasteiger partial charge < -0.3 is 15.2 Å². The first-order chi connectivity index (χ1) is 11.7. The number of aryl methyl sites for hydroxylation is 1. The van der Waals surface area contributed by atoms with Gasteiger partial charge in [0.25, 0.3) is 0 Å². The van der Waals surface area contributed by atoms with E-state index in [-0.39, 0.29) is 35.6 Å². The molecule has 1 aromatic heterocycles. The van der Waals surface area contributed by atoms with Crippen molar-refractivity contribution in [3.8, 4) is 0 Å². The third-order valence-electron chi connectivity index (χ3n) is 3.89. The number of aromatic nitrogens is 1. The first-order valence-corrected chi connectivity index (χ1v) is 8.38. The molecule has 1 heterocycles. The summed E-state index contributed by atoms with van der Waals surface area (Å²) in [6.45, 7) is 3.68. The third-order valence-corrected chi connectivity index (χ3v) is 3.89. The second-order valence-electron chi connectivity index (χ2n) is 5.72. The van der Waals surface area contributed by atoms with Crippen LogP contribution in [0.1, 0.15) is 31.4 Å². The molecule has 0 amide bonds.